The van der Waals surface area contributed by atoms with E-state index in [0.717, 1.165) is 5.57 Å². The summed E-state index contributed by atoms with van der Waals surface area (Å²) < 4.78 is 0. The van der Waals surface area contributed by atoms with Crippen molar-refractivity contribution < 1.29 is 0 Å². The second-order valence-electron chi connectivity index (χ2n) is 3.11. The van der Waals surface area contributed by atoms with Crippen molar-refractivity contribution in [2.24, 2.45) is 0 Å². The van der Waals surface area contributed by atoms with Crippen molar-refractivity contribution in [1.82, 2.24) is 0 Å². The molecule has 1 unspecified atom stereocenters. The maximum absolute atomic E-state index is 6.87. The summed E-state index contributed by atoms with van der Waals surface area (Å²) in [4.78, 5) is 0. The first-order valence-corrected chi connectivity index (χ1v) is 6.43. The maximum Gasteiger partial charge on any atom is 0.0362 e. The largest absolute Gasteiger partial charge is 0.309 e. The molecule has 17 heavy (non-hydrogen) atoms. The Morgan fingerprint density at radius 3 is 1.47 bits per heavy atom. The second-order valence-corrected chi connectivity index (χ2v) is 3.89. The fourth-order valence-corrected chi connectivity index (χ4v) is 0.285. The van der Waals surface area contributed by atoms with Gasteiger partial charge in [0.15, 0.2) is 0 Å². The molecule has 1 nitrogen and oxygen atoms in total. The van der Waals surface area contributed by atoms with Gasteiger partial charge in [-0.2, -0.15) is 12.6 Å². The van der Waals surface area contributed by atoms with Gasteiger partial charge in [0.25, 0.3) is 0 Å². The number of hydrogen-bond donors (Lipinski definition) is 2. The van der Waals surface area contributed by atoms with Crippen LogP contribution in [0.25, 0.3) is 0 Å². The monoisotopic (exact) mass is 257 g/mol. The minimum atomic E-state index is 0.130. The molecule has 0 saturated carbocycles. The highest BCUT2D eigenvalue weighted by Crippen LogP contribution is 1.91. The second kappa shape index (κ2) is 24.5. The van der Waals surface area contributed by atoms with E-state index in [2.05, 4.69) is 25.8 Å². The molecule has 0 aliphatic carbocycles. The lowest BCUT2D eigenvalue weighted by molar-refractivity contribution is 1.26. The van der Waals surface area contributed by atoms with Crippen LogP contribution in [0.5, 0.6) is 0 Å². The van der Waals surface area contributed by atoms with Crippen LogP contribution in [0, 0.1) is 5.41 Å². The molecule has 102 valence electrons. The van der Waals surface area contributed by atoms with Gasteiger partial charge in [-0.1, -0.05) is 44.2 Å². The molecule has 2 heteroatoms. The van der Waals surface area contributed by atoms with Gasteiger partial charge in [-0.25, -0.2) is 0 Å². The smallest absolute Gasteiger partial charge is 0.0362 e. The van der Waals surface area contributed by atoms with Crippen LogP contribution in [0.3, 0.4) is 0 Å². The van der Waals surface area contributed by atoms with E-state index < -0.39 is 0 Å². The van der Waals surface area contributed by atoms with Crippen molar-refractivity contribution in [2.45, 2.75) is 53.7 Å². The minimum Gasteiger partial charge on any atom is -0.309 e. The molecule has 0 rings (SSSR count). The number of thiol groups is 1. The zero-order valence-electron chi connectivity index (χ0n) is 12.7. The van der Waals surface area contributed by atoms with Gasteiger partial charge in [0.05, 0.1) is 0 Å². The average molecular weight is 257 g/mol. The molecule has 1 atom stereocenters. The van der Waals surface area contributed by atoms with Crippen molar-refractivity contribution in [3.05, 3.63) is 37.0 Å². The van der Waals surface area contributed by atoms with E-state index in [1.165, 1.54) is 0 Å². The zero-order chi connectivity index (χ0) is 14.9. The predicted molar refractivity (Wildman–Crippen MR) is 88.7 cm³/mol. The lowest BCUT2D eigenvalue weighted by Crippen LogP contribution is -2.01. The van der Waals surface area contributed by atoms with Crippen molar-refractivity contribution in [3.63, 3.8) is 0 Å². The van der Waals surface area contributed by atoms with E-state index in [4.69, 9.17) is 5.41 Å². The molecule has 0 aromatic carbocycles. The van der Waals surface area contributed by atoms with Gasteiger partial charge in [0, 0.05) is 11.0 Å². The molecule has 0 heterocycles. The first-order valence-electron chi connectivity index (χ1n) is 5.91. The summed E-state index contributed by atoms with van der Waals surface area (Å²) in [5.74, 6) is 0. The van der Waals surface area contributed by atoms with Crippen LogP contribution >= 0.6 is 12.6 Å². The summed E-state index contributed by atoms with van der Waals surface area (Å²) in [7, 11) is 0. The Hall–Kier alpha value is -0.760. The van der Waals surface area contributed by atoms with E-state index in [1.54, 1.807) is 13.0 Å². The minimum absolute atomic E-state index is 0.130. The van der Waals surface area contributed by atoms with Crippen molar-refractivity contribution in [3.8, 4) is 0 Å². The fraction of sp³-hybridized carbons (Fsp3) is 0.533. The van der Waals surface area contributed by atoms with Crippen LogP contribution in [0.15, 0.2) is 37.0 Å². The first kappa shape index (κ1) is 25.2. The molecule has 0 fully saturated rings. The van der Waals surface area contributed by atoms with E-state index in [0.29, 0.717) is 5.71 Å². The van der Waals surface area contributed by atoms with E-state index in [-0.39, 0.29) is 5.25 Å². The summed E-state index contributed by atoms with van der Waals surface area (Å²) in [6, 6.07) is 0. The topological polar surface area (TPSA) is 23.9 Å². The standard InChI is InChI=1S/C6H10.C4H9NS.C3H6.C2H6/c1-4-5-6(2)3;1-3(5)4(2)6;1-3-2;1-2/h4-5H,2H2,1,3H3;4-6H,1-2H3;3H,1H2,2H3;1-2H3/b5-4-;;;. The molecule has 0 amide bonds. The molecule has 0 aliphatic rings. The predicted octanol–water partition coefficient (Wildman–Crippen LogP) is 5.70. The first-order chi connectivity index (χ1) is 7.83. The van der Waals surface area contributed by atoms with E-state index in [9.17, 15) is 0 Å². The molecule has 0 saturated heterocycles. The Morgan fingerprint density at radius 2 is 1.47 bits per heavy atom. The third-order valence-electron chi connectivity index (χ3n) is 1.08. The van der Waals surface area contributed by atoms with Crippen molar-refractivity contribution in [1.29, 1.82) is 5.41 Å². The van der Waals surface area contributed by atoms with Gasteiger partial charge in [-0.3, -0.25) is 0 Å². The van der Waals surface area contributed by atoms with Gasteiger partial charge >= 0.3 is 0 Å². The van der Waals surface area contributed by atoms with Crippen molar-refractivity contribution >= 4 is 18.3 Å². The third-order valence-corrected chi connectivity index (χ3v) is 1.47. The maximum atomic E-state index is 6.87. The Labute approximate surface area is 115 Å². The zero-order valence-corrected chi connectivity index (χ0v) is 13.6. The molecule has 0 aromatic heterocycles. The lowest BCUT2D eigenvalue weighted by atomic mass is 10.3. The number of rotatable bonds is 2. The Balaban J connectivity index is -0.0000000727. The van der Waals surface area contributed by atoms with Gasteiger partial charge in [-0.05, 0) is 34.6 Å². The molecule has 0 spiro atoms. The van der Waals surface area contributed by atoms with Crippen molar-refractivity contribution in [2.75, 3.05) is 0 Å². The highest BCUT2D eigenvalue weighted by molar-refractivity contribution is 7.81. The Kier molecular flexibility index (Phi) is 36.2. The highest BCUT2D eigenvalue weighted by Gasteiger charge is 1.91. The van der Waals surface area contributed by atoms with Gasteiger partial charge < -0.3 is 5.41 Å². The SMILES string of the molecule is C=C(C)/C=C\C.C=CC.CC.CC(=N)C(C)S. The van der Waals surface area contributed by atoms with Crippen LogP contribution in [0.1, 0.15) is 48.5 Å². The molecule has 0 aliphatic heterocycles. The van der Waals surface area contributed by atoms with E-state index >= 15 is 0 Å². The van der Waals surface area contributed by atoms with Crippen LogP contribution in [-0.2, 0) is 0 Å². The van der Waals surface area contributed by atoms with Crippen LogP contribution in [-0.4, -0.2) is 11.0 Å². The molecule has 0 radical (unpaired) electrons. The number of nitrogens with one attached hydrogen (secondary N) is 1. The van der Waals surface area contributed by atoms with Gasteiger partial charge in [0.2, 0.25) is 0 Å². The fourth-order valence-electron chi connectivity index (χ4n) is 0.285. The van der Waals surface area contributed by atoms with Crippen LogP contribution in [0.2, 0.25) is 0 Å². The lowest BCUT2D eigenvalue weighted by Gasteiger charge is -1.94. The van der Waals surface area contributed by atoms with E-state index in [1.807, 2.05) is 53.7 Å². The summed E-state index contributed by atoms with van der Waals surface area (Å²) in [5, 5.41) is 7.00. The highest BCUT2D eigenvalue weighted by atomic mass is 32.1. The normalized spacial score (nSPS) is 9.41. The summed E-state index contributed by atoms with van der Waals surface area (Å²) >= 11 is 3.97. The van der Waals surface area contributed by atoms with Crippen LogP contribution in [0.4, 0.5) is 0 Å². The Bertz CT molecular complexity index is 203. The van der Waals surface area contributed by atoms with Crippen LogP contribution < -0.4 is 0 Å². The Morgan fingerprint density at radius 1 is 1.24 bits per heavy atom. The third kappa shape index (κ3) is 68.6. The van der Waals surface area contributed by atoms with Gasteiger partial charge in [0.1, 0.15) is 0 Å². The summed E-state index contributed by atoms with van der Waals surface area (Å²) in [6.07, 6.45) is 5.70. The van der Waals surface area contributed by atoms with Gasteiger partial charge in [-0.15, -0.1) is 6.58 Å². The molecular formula is C15H31NS. The summed E-state index contributed by atoms with van der Waals surface area (Å²) in [5.41, 5.74) is 1.73. The molecule has 0 bridgehead atoms. The molecular weight excluding hydrogens is 226 g/mol. The number of hydrogen-bond acceptors (Lipinski definition) is 2. The molecule has 0 aromatic rings. The quantitative estimate of drug-likeness (QED) is 0.274. The summed E-state index contributed by atoms with van der Waals surface area (Å²) in [6.45, 7) is 20.5. The number of allylic oxidation sites excluding steroid dienone is 4. The molecule has 1 N–H and O–H groups in total. The average Bonchev–Trinajstić information content (AvgIpc) is 2.22.